The number of carbonyl (C=O) groups excluding carboxylic acids is 1. The molecule has 104 valence electrons. The molecule has 0 fully saturated rings. The molecule has 0 atom stereocenters. The normalized spacial score (nSPS) is 11.2. The lowest BCUT2D eigenvalue weighted by molar-refractivity contribution is -0.137. The molecule has 2 rings (SSSR count). The van der Waals surface area contributed by atoms with Crippen LogP contribution in [0.1, 0.15) is 15.9 Å². The highest BCUT2D eigenvalue weighted by Gasteiger charge is 2.30. The summed E-state index contributed by atoms with van der Waals surface area (Å²) in [7, 11) is 0. The Morgan fingerprint density at radius 2 is 1.95 bits per heavy atom. The fraction of sp³-hybridized carbons (Fsp3) is 0.0769. The number of nitrogens with zero attached hydrogens (tertiary/aromatic N) is 1. The first kappa shape index (κ1) is 14.3. The van der Waals surface area contributed by atoms with Crippen LogP contribution in [0.5, 0.6) is 0 Å². The topological polar surface area (TPSA) is 42.0 Å². The smallest absolute Gasteiger partial charge is 0.307 e. The Hall–Kier alpha value is -2.08. The second-order valence-corrected chi connectivity index (χ2v) is 4.33. The van der Waals surface area contributed by atoms with E-state index in [-0.39, 0.29) is 11.4 Å². The van der Waals surface area contributed by atoms with Crippen LogP contribution in [0.4, 0.5) is 19.0 Å². The maximum absolute atomic E-state index is 12.5. The summed E-state index contributed by atoms with van der Waals surface area (Å²) in [6, 6.07) is 7.11. The highest BCUT2D eigenvalue weighted by Crippen LogP contribution is 2.29. The monoisotopic (exact) mass is 300 g/mol. The number of benzene rings is 1. The Balaban J connectivity index is 2.19. The Kier molecular flexibility index (Phi) is 3.94. The van der Waals surface area contributed by atoms with Crippen molar-refractivity contribution >= 4 is 23.3 Å². The van der Waals surface area contributed by atoms with Crippen molar-refractivity contribution in [2.24, 2.45) is 0 Å². The summed E-state index contributed by atoms with van der Waals surface area (Å²) in [6.45, 7) is 0. The summed E-state index contributed by atoms with van der Waals surface area (Å²) in [5.74, 6) is -0.470. The van der Waals surface area contributed by atoms with Crippen LogP contribution < -0.4 is 5.32 Å². The van der Waals surface area contributed by atoms with Crippen molar-refractivity contribution in [1.82, 2.24) is 4.98 Å². The summed E-state index contributed by atoms with van der Waals surface area (Å²) < 4.78 is 37.6. The zero-order valence-electron chi connectivity index (χ0n) is 9.91. The average molecular weight is 301 g/mol. The number of pyridine rings is 1. The highest BCUT2D eigenvalue weighted by atomic mass is 35.5. The zero-order valence-corrected chi connectivity index (χ0v) is 10.7. The molecule has 0 saturated carbocycles. The number of rotatable bonds is 2. The van der Waals surface area contributed by atoms with Crippen LogP contribution in [0.15, 0.2) is 42.6 Å². The second kappa shape index (κ2) is 5.50. The van der Waals surface area contributed by atoms with E-state index in [1.54, 1.807) is 0 Å². The molecule has 0 spiro atoms. The van der Waals surface area contributed by atoms with E-state index in [9.17, 15) is 18.0 Å². The maximum atomic E-state index is 12.5. The van der Waals surface area contributed by atoms with Crippen molar-refractivity contribution in [2.45, 2.75) is 6.18 Å². The molecule has 0 aliphatic carbocycles. The lowest BCUT2D eigenvalue weighted by Crippen LogP contribution is -2.14. The van der Waals surface area contributed by atoms with Crippen LogP contribution in [0.25, 0.3) is 0 Å². The van der Waals surface area contributed by atoms with Crippen LogP contribution in [-0.2, 0) is 6.18 Å². The van der Waals surface area contributed by atoms with Crippen molar-refractivity contribution in [3.05, 3.63) is 58.7 Å². The van der Waals surface area contributed by atoms with E-state index in [0.717, 1.165) is 12.1 Å². The van der Waals surface area contributed by atoms with Gasteiger partial charge in [0.15, 0.2) is 0 Å². The van der Waals surface area contributed by atoms with E-state index in [1.165, 1.54) is 30.5 Å². The molecule has 3 nitrogen and oxygen atoms in total. The molecule has 0 bridgehead atoms. The van der Waals surface area contributed by atoms with Gasteiger partial charge in [-0.05, 0) is 30.3 Å². The minimum Gasteiger partial charge on any atom is -0.307 e. The Morgan fingerprint density at radius 3 is 2.55 bits per heavy atom. The first-order valence-corrected chi connectivity index (χ1v) is 5.84. The first-order valence-electron chi connectivity index (χ1n) is 5.46. The number of nitrogens with one attached hydrogen (secondary N) is 1. The van der Waals surface area contributed by atoms with Crippen molar-refractivity contribution in [2.75, 3.05) is 5.32 Å². The largest absolute Gasteiger partial charge is 0.416 e. The van der Waals surface area contributed by atoms with Crippen molar-refractivity contribution < 1.29 is 18.0 Å². The minimum absolute atomic E-state index is 0.100. The third-order valence-corrected chi connectivity index (χ3v) is 2.64. The molecular formula is C13H8ClF3N2O. The molecule has 0 aliphatic heterocycles. The number of halogens is 4. The maximum Gasteiger partial charge on any atom is 0.416 e. The predicted molar refractivity (Wildman–Crippen MR) is 68.6 cm³/mol. The van der Waals surface area contributed by atoms with Gasteiger partial charge in [0.25, 0.3) is 5.91 Å². The van der Waals surface area contributed by atoms with Crippen LogP contribution in [0, 0.1) is 0 Å². The fourth-order valence-electron chi connectivity index (χ4n) is 1.48. The average Bonchev–Trinajstić information content (AvgIpc) is 2.40. The summed E-state index contributed by atoms with van der Waals surface area (Å²) in [5.41, 5.74) is -0.981. The minimum atomic E-state index is -4.49. The van der Waals surface area contributed by atoms with Crippen LogP contribution >= 0.6 is 11.6 Å². The molecule has 1 aromatic carbocycles. The van der Waals surface area contributed by atoms with Gasteiger partial charge in [-0.1, -0.05) is 17.7 Å². The Morgan fingerprint density at radius 1 is 1.20 bits per heavy atom. The lowest BCUT2D eigenvalue weighted by Gasteiger charge is -2.09. The van der Waals surface area contributed by atoms with Gasteiger partial charge < -0.3 is 5.32 Å². The summed E-state index contributed by atoms with van der Waals surface area (Å²) in [6.07, 6.45) is -3.17. The molecule has 1 heterocycles. The molecule has 0 radical (unpaired) electrons. The standard InChI is InChI=1S/C13H8ClF3N2O/c14-10-4-5-11(18-7-10)19-12(20)8-2-1-3-9(6-8)13(15,16)17/h1-7H,(H,18,19,20). The quantitative estimate of drug-likeness (QED) is 0.910. The second-order valence-electron chi connectivity index (χ2n) is 3.89. The van der Waals surface area contributed by atoms with Crippen molar-refractivity contribution in [1.29, 1.82) is 0 Å². The number of anilines is 1. The number of amides is 1. The lowest BCUT2D eigenvalue weighted by atomic mass is 10.1. The van der Waals surface area contributed by atoms with Crippen LogP contribution in [0.2, 0.25) is 5.02 Å². The third-order valence-electron chi connectivity index (χ3n) is 2.42. The fourth-order valence-corrected chi connectivity index (χ4v) is 1.59. The Bertz CT molecular complexity index is 626. The summed E-state index contributed by atoms with van der Waals surface area (Å²) in [5, 5.41) is 2.78. The van der Waals surface area contributed by atoms with E-state index in [2.05, 4.69) is 10.3 Å². The Labute approximate surface area is 117 Å². The van der Waals surface area contributed by atoms with Gasteiger partial charge in [0.05, 0.1) is 10.6 Å². The molecule has 1 aromatic heterocycles. The molecule has 7 heteroatoms. The van der Waals surface area contributed by atoms with E-state index in [1.807, 2.05) is 0 Å². The zero-order chi connectivity index (χ0) is 14.8. The molecule has 0 aliphatic rings. The van der Waals surface area contributed by atoms with Crippen molar-refractivity contribution in [3.8, 4) is 0 Å². The van der Waals surface area contributed by atoms with Crippen LogP contribution in [-0.4, -0.2) is 10.9 Å². The number of hydrogen-bond acceptors (Lipinski definition) is 2. The molecule has 1 N–H and O–H groups in total. The molecule has 2 aromatic rings. The number of aromatic nitrogens is 1. The number of hydrogen-bond donors (Lipinski definition) is 1. The van der Waals surface area contributed by atoms with E-state index in [0.29, 0.717) is 5.02 Å². The molecule has 0 saturated heterocycles. The van der Waals surface area contributed by atoms with Gasteiger partial charge in [0, 0.05) is 11.8 Å². The van der Waals surface area contributed by atoms with Gasteiger partial charge >= 0.3 is 6.18 Å². The first-order chi connectivity index (χ1) is 9.36. The van der Waals surface area contributed by atoms with Gasteiger partial charge in [0.2, 0.25) is 0 Å². The number of carbonyl (C=O) groups is 1. The molecular weight excluding hydrogens is 293 g/mol. The third kappa shape index (κ3) is 3.48. The van der Waals surface area contributed by atoms with Gasteiger partial charge in [-0.2, -0.15) is 13.2 Å². The highest BCUT2D eigenvalue weighted by molar-refractivity contribution is 6.30. The summed E-state index contributed by atoms with van der Waals surface area (Å²) >= 11 is 5.64. The number of alkyl halides is 3. The van der Waals surface area contributed by atoms with Crippen molar-refractivity contribution in [3.63, 3.8) is 0 Å². The van der Waals surface area contributed by atoms with E-state index < -0.39 is 17.6 Å². The van der Waals surface area contributed by atoms with Gasteiger partial charge in [0.1, 0.15) is 5.82 Å². The van der Waals surface area contributed by atoms with E-state index in [4.69, 9.17) is 11.6 Å². The SMILES string of the molecule is O=C(Nc1ccc(Cl)cn1)c1cccc(C(F)(F)F)c1. The van der Waals surface area contributed by atoms with Gasteiger partial charge in [-0.25, -0.2) is 4.98 Å². The predicted octanol–water partition coefficient (Wildman–Crippen LogP) is 4.01. The van der Waals surface area contributed by atoms with E-state index >= 15 is 0 Å². The summed E-state index contributed by atoms with van der Waals surface area (Å²) in [4.78, 5) is 15.7. The van der Waals surface area contributed by atoms with Crippen LogP contribution in [0.3, 0.4) is 0 Å². The molecule has 0 unspecified atom stereocenters. The molecule has 1 amide bonds. The van der Waals surface area contributed by atoms with Gasteiger partial charge in [-0.15, -0.1) is 0 Å². The van der Waals surface area contributed by atoms with Gasteiger partial charge in [-0.3, -0.25) is 4.79 Å². The molecule has 20 heavy (non-hydrogen) atoms.